The summed E-state index contributed by atoms with van der Waals surface area (Å²) in [6.45, 7) is 6.87. The molecule has 0 radical (unpaired) electrons. The molecule has 5 rings (SSSR count). The Kier molecular flexibility index (Phi) is 5.28. The van der Waals surface area contributed by atoms with Crippen LogP contribution in [-0.4, -0.2) is 43.7 Å². The van der Waals surface area contributed by atoms with Crippen molar-refractivity contribution in [2.45, 2.75) is 33.0 Å². The van der Waals surface area contributed by atoms with Gasteiger partial charge in [-0.15, -0.1) is 0 Å². The predicted octanol–water partition coefficient (Wildman–Crippen LogP) is 4.29. The smallest absolute Gasteiger partial charge is 0.228 e. The molecule has 2 unspecified atom stereocenters. The highest BCUT2D eigenvalue weighted by Gasteiger charge is 2.30. The number of imidazole rings is 1. The maximum Gasteiger partial charge on any atom is 0.228 e. The van der Waals surface area contributed by atoms with Crippen molar-refractivity contribution in [3.8, 4) is 11.3 Å². The molecule has 1 saturated heterocycles. The van der Waals surface area contributed by atoms with Crippen molar-refractivity contribution < 1.29 is 13.5 Å². The SMILES string of the molecule is Cc1cc2c(-c3ccc(F)cc3F)nc(N3CC(C)OC(c4cn(C)cn4)C3)nc2nc1C. The van der Waals surface area contributed by atoms with Gasteiger partial charge in [0.2, 0.25) is 5.95 Å². The summed E-state index contributed by atoms with van der Waals surface area (Å²) in [6, 6.07) is 5.40. The minimum atomic E-state index is -0.680. The Labute approximate surface area is 190 Å². The fraction of sp³-hybridized carbons (Fsp3) is 0.333. The van der Waals surface area contributed by atoms with E-state index in [1.165, 1.54) is 12.1 Å². The highest BCUT2D eigenvalue weighted by atomic mass is 19.1. The lowest BCUT2D eigenvalue weighted by Gasteiger charge is -2.36. The van der Waals surface area contributed by atoms with E-state index in [0.29, 0.717) is 35.8 Å². The van der Waals surface area contributed by atoms with E-state index in [2.05, 4.69) is 9.97 Å². The monoisotopic (exact) mass is 450 g/mol. The Balaban J connectivity index is 1.64. The van der Waals surface area contributed by atoms with Gasteiger partial charge in [0.05, 0.1) is 30.4 Å². The van der Waals surface area contributed by atoms with Crippen LogP contribution in [0.4, 0.5) is 14.7 Å². The molecule has 4 heterocycles. The second-order valence-electron chi connectivity index (χ2n) is 8.56. The van der Waals surface area contributed by atoms with Gasteiger partial charge >= 0.3 is 0 Å². The molecule has 33 heavy (non-hydrogen) atoms. The van der Waals surface area contributed by atoms with Gasteiger partial charge in [-0.3, -0.25) is 0 Å². The van der Waals surface area contributed by atoms with Crippen LogP contribution in [0, 0.1) is 25.5 Å². The van der Waals surface area contributed by atoms with Gasteiger partial charge in [0.1, 0.15) is 17.7 Å². The van der Waals surface area contributed by atoms with E-state index in [1.54, 1.807) is 6.33 Å². The van der Waals surface area contributed by atoms with Crippen molar-refractivity contribution in [2.75, 3.05) is 18.0 Å². The summed E-state index contributed by atoms with van der Waals surface area (Å²) < 4.78 is 36.4. The van der Waals surface area contributed by atoms with E-state index in [9.17, 15) is 8.78 Å². The Morgan fingerprint density at radius 1 is 1.06 bits per heavy atom. The molecule has 3 aromatic heterocycles. The fourth-order valence-corrected chi connectivity index (χ4v) is 4.14. The molecule has 9 heteroatoms. The van der Waals surface area contributed by atoms with E-state index in [0.717, 1.165) is 23.0 Å². The Morgan fingerprint density at radius 3 is 2.61 bits per heavy atom. The number of hydrogen-bond donors (Lipinski definition) is 0. The summed E-state index contributed by atoms with van der Waals surface area (Å²) in [5, 5.41) is 0.620. The van der Waals surface area contributed by atoms with Crippen molar-refractivity contribution >= 4 is 17.0 Å². The fourth-order valence-electron chi connectivity index (χ4n) is 4.14. The number of halogens is 2. The zero-order chi connectivity index (χ0) is 23.3. The molecule has 1 aromatic carbocycles. The number of morpholine rings is 1. The van der Waals surface area contributed by atoms with E-state index < -0.39 is 11.6 Å². The summed E-state index contributed by atoms with van der Waals surface area (Å²) in [5.74, 6) is -0.894. The number of fused-ring (bicyclic) bond motifs is 1. The first-order valence-electron chi connectivity index (χ1n) is 10.8. The largest absolute Gasteiger partial charge is 0.365 e. The molecule has 0 saturated carbocycles. The summed E-state index contributed by atoms with van der Waals surface area (Å²) >= 11 is 0. The third-order valence-electron chi connectivity index (χ3n) is 5.90. The highest BCUT2D eigenvalue weighted by Crippen LogP contribution is 2.33. The summed E-state index contributed by atoms with van der Waals surface area (Å²) in [6.07, 6.45) is 3.31. The van der Waals surface area contributed by atoms with Crippen molar-refractivity contribution in [2.24, 2.45) is 7.05 Å². The van der Waals surface area contributed by atoms with E-state index >= 15 is 0 Å². The average Bonchev–Trinajstić information content (AvgIpc) is 3.20. The molecule has 0 amide bonds. The van der Waals surface area contributed by atoms with Crippen LogP contribution in [0.2, 0.25) is 0 Å². The molecule has 0 aliphatic carbocycles. The molecule has 1 aliphatic rings. The first-order chi connectivity index (χ1) is 15.8. The van der Waals surface area contributed by atoms with Gasteiger partial charge < -0.3 is 14.2 Å². The zero-order valence-electron chi connectivity index (χ0n) is 18.9. The molecule has 1 aliphatic heterocycles. The molecule has 2 atom stereocenters. The van der Waals surface area contributed by atoms with Gasteiger partial charge in [-0.25, -0.2) is 23.7 Å². The minimum Gasteiger partial charge on any atom is -0.365 e. The van der Waals surface area contributed by atoms with E-state index in [-0.39, 0.29) is 17.8 Å². The number of ether oxygens (including phenoxy) is 1. The Morgan fingerprint density at radius 2 is 1.88 bits per heavy atom. The molecule has 170 valence electrons. The standard InChI is InChI=1S/C24H24F2N6O/c1-13-7-18-22(17-6-5-16(25)8-19(17)26)29-24(30-23(18)28-15(13)3)32-9-14(2)33-21(11-32)20-10-31(4)12-27-20/h5-8,10,12,14,21H,9,11H2,1-4H3. The number of anilines is 1. The highest BCUT2D eigenvalue weighted by molar-refractivity contribution is 5.92. The van der Waals surface area contributed by atoms with Gasteiger partial charge in [0.25, 0.3) is 0 Å². The number of aromatic nitrogens is 5. The van der Waals surface area contributed by atoms with Gasteiger partial charge in [-0.2, -0.15) is 4.98 Å². The quantitative estimate of drug-likeness (QED) is 0.464. The van der Waals surface area contributed by atoms with Gasteiger partial charge in [0, 0.05) is 42.5 Å². The van der Waals surface area contributed by atoms with Crippen LogP contribution in [0.5, 0.6) is 0 Å². The lowest BCUT2D eigenvalue weighted by atomic mass is 10.1. The molecule has 4 aromatic rings. The molecular formula is C24H24F2N6O. The predicted molar refractivity (Wildman–Crippen MR) is 121 cm³/mol. The summed E-state index contributed by atoms with van der Waals surface area (Å²) in [4.78, 5) is 20.6. The minimum absolute atomic E-state index is 0.0937. The molecule has 7 nitrogen and oxygen atoms in total. The zero-order valence-corrected chi connectivity index (χ0v) is 18.9. The number of rotatable bonds is 3. The Hall–Kier alpha value is -3.46. The molecule has 0 spiro atoms. The van der Waals surface area contributed by atoms with Gasteiger partial charge in [-0.05, 0) is 44.5 Å². The van der Waals surface area contributed by atoms with Gasteiger partial charge in [0.15, 0.2) is 5.65 Å². The van der Waals surface area contributed by atoms with Crippen LogP contribution in [0.25, 0.3) is 22.3 Å². The van der Waals surface area contributed by atoms with Crippen molar-refractivity contribution in [3.63, 3.8) is 0 Å². The number of aryl methyl sites for hydroxylation is 3. The van der Waals surface area contributed by atoms with Crippen LogP contribution in [0.1, 0.15) is 30.0 Å². The lowest BCUT2D eigenvalue weighted by molar-refractivity contribution is -0.0198. The van der Waals surface area contributed by atoms with Crippen molar-refractivity contribution in [1.82, 2.24) is 24.5 Å². The normalized spacial score (nSPS) is 18.8. The van der Waals surface area contributed by atoms with Crippen LogP contribution in [-0.2, 0) is 11.8 Å². The van der Waals surface area contributed by atoms with Gasteiger partial charge in [-0.1, -0.05) is 0 Å². The first-order valence-corrected chi connectivity index (χ1v) is 10.8. The van der Waals surface area contributed by atoms with E-state index in [4.69, 9.17) is 14.7 Å². The summed E-state index contributed by atoms with van der Waals surface area (Å²) in [5.41, 5.74) is 3.66. The third kappa shape index (κ3) is 4.04. The van der Waals surface area contributed by atoms with E-state index in [1.807, 2.05) is 49.5 Å². The van der Waals surface area contributed by atoms with Crippen molar-refractivity contribution in [3.05, 3.63) is 65.4 Å². The lowest BCUT2D eigenvalue weighted by Crippen LogP contribution is -2.43. The van der Waals surface area contributed by atoms with Crippen LogP contribution in [0.3, 0.4) is 0 Å². The molecule has 0 bridgehead atoms. The molecule has 1 fully saturated rings. The first kappa shape index (κ1) is 21.4. The average molecular weight is 450 g/mol. The number of hydrogen-bond acceptors (Lipinski definition) is 6. The maximum atomic E-state index is 14.8. The van der Waals surface area contributed by atoms with Crippen LogP contribution >= 0.6 is 0 Å². The number of benzene rings is 1. The Bertz CT molecular complexity index is 1350. The summed E-state index contributed by atoms with van der Waals surface area (Å²) in [7, 11) is 1.91. The molecular weight excluding hydrogens is 426 g/mol. The number of nitrogens with zero attached hydrogens (tertiary/aromatic N) is 6. The number of pyridine rings is 1. The topological polar surface area (TPSA) is 69.0 Å². The third-order valence-corrected chi connectivity index (χ3v) is 5.90. The maximum absolute atomic E-state index is 14.8. The second-order valence-corrected chi connectivity index (χ2v) is 8.56. The van der Waals surface area contributed by atoms with Crippen molar-refractivity contribution in [1.29, 1.82) is 0 Å². The van der Waals surface area contributed by atoms with Crippen LogP contribution < -0.4 is 4.90 Å². The van der Waals surface area contributed by atoms with Crippen LogP contribution in [0.15, 0.2) is 36.8 Å². The molecule has 0 N–H and O–H groups in total. The second kappa shape index (κ2) is 8.15.